The zero-order chi connectivity index (χ0) is 12.5. The van der Waals surface area contributed by atoms with Gasteiger partial charge in [0.15, 0.2) is 5.13 Å². The predicted octanol–water partition coefficient (Wildman–Crippen LogP) is 2.27. The summed E-state index contributed by atoms with van der Waals surface area (Å²) in [7, 11) is 1.66. The summed E-state index contributed by atoms with van der Waals surface area (Å²) in [5.74, 6) is 0.832. The standard InChI is InChI=1S/C13H16N2O2S/c1-17-10-4-5-12-11(7-10)14-13(18-12)15-6-2-3-9(16)8-15/h4-5,7,9,16H,2-3,6,8H2,1H3. The Balaban J connectivity index is 1.92. The first-order valence-corrected chi connectivity index (χ1v) is 6.95. The van der Waals surface area contributed by atoms with E-state index < -0.39 is 0 Å². The Labute approximate surface area is 110 Å². The Kier molecular flexibility index (Phi) is 3.09. The Bertz CT molecular complexity index is 555. The van der Waals surface area contributed by atoms with E-state index in [4.69, 9.17) is 4.74 Å². The smallest absolute Gasteiger partial charge is 0.186 e. The van der Waals surface area contributed by atoms with Crippen LogP contribution in [0.15, 0.2) is 18.2 Å². The summed E-state index contributed by atoms with van der Waals surface area (Å²) in [6.45, 7) is 1.67. The average Bonchev–Trinajstić information content (AvgIpc) is 2.81. The molecule has 0 radical (unpaired) electrons. The third-order valence-corrected chi connectivity index (χ3v) is 4.35. The van der Waals surface area contributed by atoms with Gasteiger partial charge in [-0.2, -0.15) is 0 Å². The van der Waals surface area contributed by atoms with Crippen LogP contribution in [0, 0.1) is 0 Å². The molecule has 96 valence electrons. The number of ether oxygens (including phenoxy) is 1. The maximum absolute atomic E-state index is 9.71. The van der Waals surface area contributed by atoms with Crippen molar-refractivity contribution in [3.63, 3.8) is 0 Å². The van der Waals surface area contributed by atoms with E-state index >= 15 is 0 Å². The Hall–Kier alpha value is -1.33. The highest BCUT2D eigenvalue weighted by atomic mass is 32.1. The van der Waals surface area contributed by atoms with Gasteiger partial charge in [-0.3, -0.25) is 0 Å². The number of β-amino-alcohol motifs (C(OH)–C–C–N with tert-alkyl or cyclic N) is 1. The molecule has 0 saturated carbocycles. The van der Waals surface area contributed by atoms with Crippen LogP contribution in [0.2, 0.25) is 0 Å². The molecule has 1 fully saturated rings. The molecule has 1 N–H and O–H groups in total. The van der Waals surface area contributed by atoms with Gasteiger partial charge in [-0.1, -0.05) is 11.3 Å². The van der Waals surface area contributed by atoms with Gasteiger partial charge in [-0.05, 0) is 25.0 Å². The number of aliphatic hydroxyl groups is 1. The number of aliphatic hydroxyl groups excluding tert-OH is 1. The maximum Gasteiger partial charge on any atom is 0.186 e. The molecule has 3 rings (SSSR count). The van der Waals surface area contributed by atoms with Gasteiger partial charge >= 0.3 is 0 Å². The molecule has 0 aliphatic carbocycles. The fraction of sp³-hybridized carbons (Fsp3) is 0.462. The molecule has 1 aromatic carbocycles. The van der Waals surface area contributed by atoms with Crippen LogP contribution in [0.4, 0.5) is 5.13 Å². The van der Waals surface area contributed by atoms with Gasteiger partial charge in [0.2, 0.25) is 0 Å². The molecule has 0 amide bonds. The van der Waals surface area contributed by atoms with E-state index in [1.165, 1.54) is 0 Å². The second-order valence-electron chi connectivity index (χ2n) is 4.57. The van der Waals surface area contributed by atoms with Gasteiger partial charge in [-0.15, -0.1) is 0 Å². The molecule has 1 saturated heterocycles. The van der Waals surface area contributed by atoms with E-state index in [1.54, 1.807) is 18.4 Å². The lowest BCUT2D eigenvalue weighted by atomic mass is 10.1. The van der Waals surface area contributed by atoms with E-state index in [0.717, 1.165) is 40.5 Å². The lowest BCUT2D eigenvalue weighted by Gasteiger charge is -2.29. The Morgan fingerprint density at radius 3 is 3.17 bits per heavy atom. The first kappa shape index (κ1) is 11.7. The number of anilines is 1. The highest BCUT2D eigenvalue weighted by Crippen LogP contribution is 2.32. The van der Waals surface area contributed by atoms with Crippen LogP contribution in [0.1, 0.15) is 12.8 Å². The van der Waals surface area contributed by atoms with Crippen LogP contribution < -0.4 is 9.64 Å². The molecule has 1 aromatic heterocycles. The zero-order valence-corrected chi connectivity index (χ0v) is 11.1. The van der Waals surface area contributed by atoms with Gasteiger partial charge in [-0.25, -0.2) is 4.98 Å². The number of hydrogen-bond acceptors (Lipinski definition) is 5. The molecule has 1 atom stereocenters. The second-order valence-corrected chi connectivity index (χ2v) is 5.58. The third-order valence-electron chi connectivity index (χ3n) is 3.25. The van der Waals surface area contributed by atoms with Crippen LogP contribution in [-0.4, -0.2) is 36.4 Å². The number of methoxy groups -OCH3 is 1. The van der Waals surface area contributed by atoms with Crippen molar-refractivity contribution in [2.24, 2.45) is 0 Å². The quantitative estimate of drug-likeness (QED) is 0.904. The number of rotatable bonds is 2. The highest BCUT2D eigenvalue weighted by molar-refractivity contribution is 7.22. The Morgan fingerprint density at radius 2 is 2.39 bits per heavy atom. The summed E-state index contributed by atoms with van der Waals surface area (Å²) >= 11 is 1.67. The number of piperidine rings is 1. The lowest BCUT2D eigenvalue weighted by molar-refractivity contribution is 0.154. The first-order chi connectivity index (χ1) is 8.76. The van der Waals surface area contributed by atoms with E-state index in [-0.39, 0.29) is 6.10 Å². The van der Waals surface area contributed by atoms with Gasteiger partial charge in [0.25, 0.3) is 0 Å². The van der Waals surface area contributed by atoms with E-state index in [2.05, 4.69) is 9.88 Å². The molecule has 0 bridgehead atoms. The molecule has 2 aromatic rings. The lowest BCUT2D eigenvalue weighted by Crippen LogP contribution is -2.38. The highest BCUT2D eigenvalue weighted by Gasteiger charge is 2.20. The summed E-state index contributed by atoms with van der Waals surface area (Å²) in [4.78, 5) is 6.80. The van der Waals surface area contributed by atoms with Crippen molar-refractivity contribution in [2.45, 2.75) is 18.9 Å². The fourth-order valence-corrected chi connectivity index (χ4v) is 3.27. The molecular formula is C13H16N2O2S. The maximum atomic E-state index is 9.71. The van der Waals surface area contributed by atoms with Crippen molar-refractivity contribution in [2.75, 3.05) is 25.1 Å². The Morgan fingerprint density at radius 1 is 1.50 bits per heavy atom. The van der Waals surface area contributed by atoms with Crippen LogP contribution in [0.5, 0.6) is 5.75 Å². The topological polar surface area (TPSA) is 45.6 Å². The molecule has 4 nitrogen and oxygen atoms in total. The summed E-state index contributed by atoms with van der Waals surface area (Å²) in [6.07, 6.45) is 1.70. The average molecular weight is 264 g/mol. The van der Waals surface area contributed by atoms with Crippen molar-refractivity contribution in [1.29, 1.82) is 0 Å². The zero-order valence-electron chi connectivity index (χ0n) is 10.3. The van der Waals surface area contributed by atoms with Crippen molar-refractivity contribution in [1.82, 2.24) is 4.98 Å². The van der Waals surface area contributed by atoms with Gasteiger partial charge in [0.1, 0.15) is 5.75 Å². The number of thiazole rings is 1. The minimum atomic E-state index is -0.222. The molecule has 18 heavy (non-hydrogen) atoms. The number of hydrogen-bond donors (Lipinski definition) is 1. The van der Waals surface area contributed by atoms with Crippen LogP contribution in [0.3, 0.4) is 0 Å². The van der Waals surface area contributed by atoms with Crippen molar-refractivity contribution in [3.05, 3.63) is 18.2 Å². The van der Waals surface area contributed by atoms with Crippen LogP contribution in [-0.2, 0) is 0 Å². The minimum absolute atomic E-state index is 0.222. The SMILES string of the molecule is COc1ccc2sc(N3CCCC(O)C3)nc2c1. The second kappa shape index (κ2) is 4.74. The fourth-order valence-electron chi connectivity index (χ4n) is 2.29. The van der Waals surface area contributed by atoms with E-state index in [0.29, 0.717) is 6.54 Å². The summed E-state index contributed by atoms with van der Waals surface area (Å²) in [5, 5.41) is 10.7. The molecular weight excluding hydrogens is 248 g/mol. The molecule has 1 aliphatic rings. The normalized spacial score (nSPS) is 20.3. The largest absolute Gasteiger partial charge is 0.497 e. The van der Waals surface area contributed by atoms with Crippen molar-refractivity contribution in [3.8, 4) is 5.75 Å². The summed E-state index contributed by atoms with van der Waals surface area (Å²) in [5.41, 5.74) is 0.967. The van der Waals surface area contributed by atoms with Gasteiger partial charge < -0.3 is 14.7 Å². The summed E-state index contributed by atoms with van der Waals surface area (Å²) in [6, 6.07) is 5.95. The van der Waals surface area contributed by atoms with E-state index in [1.807, 2.05) is 18.2 Å². The van der Waals surface area contributed by atoms with Crippen molar-refractivity contribution >= 4 is 26.7 Å². The number of nitrogens with zero attached hydrogens (tertiary/aromatic N) is 2. The predicted molar refractivity (Wildman–Crippen MR) is 73.6 cm³/mol. The van der Waals surface area contributed by atoms with Crippen LogP contribution >= 0.6 is 11.3 Å². The monoisotopic (exact) mass is 264 g/mol. The minimum Gasteiger partial charge on any atom is -0.497 e. The van der Waals surface area contributed by atoms with Gasteiger partial charge in [0, 0.05) is 19.2 Å². The molecule has 1 aliphatic heterocycles. The number of aromatic nitrogens is 1. The third kappa shape index (κ3) is 2.15. The molecule has 1 unspecified atom stereocenters. The molecule has 2 heterocycles. The molecule has 5 heteroatoms. The summed E-state index contributed by atoms with van der Waals surface area (Å²) < 4.78 is 6.36. The molecule has 0 spiro atoms. The van der Waals surface area contributed by atoms with E-state index in [9.17, 15) is 5.11 Å². The number of fused-ring (bicyclic) bond motifs is 1. The number of benzene rings is 1. The van der Waals surface area contributed by atoms with Crippen molar-refractivity contribution < 1.29 is 9.84 Å². The van der Waals surface area contributed by atoms with Crippen LogP contribution in [0.25, 0.3) is 10.2 Å². The van der Waals surface area contributed by atoms with Gasteiger partial charge in [0.05, 0.1) is 23.4 Å². The first-order valence-electron chi connectivity index (χ1n) is 6.14.